The number of hydrogen-bond donors (Lipinski definition) is 2. The third-order valence-corrected chi connectivity index (χ3v) is 5.09. The first kappa shape index (κ1) is 16.6. The lowest BCUT2D eigenvalue weighted by molar-refractivity contribution is 0.472. The molecule has 1 atom stereocenters. The third-order valence-electron chi connectivity index (χ3n) is 4.40. The number of aromatic nitrogens is 1. The maximum absolute atomic E-state index is 10.9. The van der Waals surface area contributed by atoms with Gasteiger partial charge >= 0.3 is 0 Å². The van der Waals surface area contributed by atoms with E-state index in [1.165, 1.54) is 0 Å². The van der Waals surface area contributed by atoms with Gasteiger partial charge in [0.15, 0.2) is 0 Å². The molecule has 0 amide bonds. The van der Waals surface area contributed by atoms with Crippen molar-refractivity contribution in [3.63, 3.8) is 0 Å². The molecule has 0 aliphatic heterocycles. The molecule has 2 N–H and O–H groups in total. The van der Waals surface area contributed by atoms with Crippen LogP contribution >= 0.6 is 15.9 Å². The van der Waals surface area contributed by atoms with Crippen molar-refractivity contribution in [2.24, 2.45) is 0 Å². The number of phenols is 1. The summed E-state index contributed by atoms with van der Waals surface area (Å²) in [5.74, 6) is 0.205. The molecule has 0 saturated heterocycles. The fourth-order valence-corrected chi connectivity index (χ4v) is 3.50. The van der Waals surface area contributed by atoms with Crippen molar-refractivity contribution in [2.45, 2.75) is 6.04 Å². The molecule has 1 heterocycles. The Bertz CT molecular complexity index is 1050. The van der Waals surface area contributed by atoms with Gasteiger partial charge in [0.25, 0.3) is 0 Å². The van der Waals surface area contributed by atoms with Crippen molar-refractivity contribution in [1.29, 1.82) is 0 Å². The molecule has 0 radical (unpaired) electrons. The van der Waals surface area contributed by atoms with Crippen LogP contribution in [-0.2, 0) is 0 Å². The van der Waals surface area contributed by atoms with Crippen LogP contribution < -0.4 is 5.32 Å². The second-order valence-electron chi connectivity index (χ2n) is 6.05. The molecule has 4 aromatic rings. The second-order valence-corrected chi connectivity index (χ2v) is 6.90. The zero-order valence-corrected chi connectivity index (χ0v) is 15.5. The van der Waals surface area contributed by atoms with Gasteiger partial charge in [0.05, 0.1) is 6.04 Å². The normalized spacial score (nSPS) is 12.0. The molecule has 1 aromatic heterocycles. The standard InChI is InChI=1S/C22H17BrN2O/c23-18-10-4-5-11-19(18)25-20(15-7-2-1-3-8-15)17-13-12-16-9-6-14-24-21(16)22(17)26/h1-14,20,25-26H/t20-/m0/s1. The van der Waals surface area contributed by atoms with Crippen LogP contribution in [0.25, 0.3) is 10.9 Å². The fourth-order valence-electron chi connectivity index (χ4n) is 3.10. The summed E-state index contributed by atoms with van der Waals surface area (Å²) in [6.07, 6.45) is 1.70. The Balaban J connectivity index is 1.86. The van der Waals surface area contributed by atoms with Crippen molar-refractivity contribution in [2.75, 3.05) is 5.32 Å². The molecule has 0 unspecified atom stereocenters. The summed E-state index contributed by atoms with van der Waals surface area (Å²) >= 11 is 3.59. The first-order valence-electron chi connectivity index (χ1n) is 8.36. The molecule has 0 aliphatic carbocycles. The molecule has 0 saturated carbocycles. The zero-order valence-electron chi connectivity index (χ0n) is 13.9. The first-order chi connectivity index (χ1) is 12.7. The van der Waals surface area contributed by atoms with E-state index in [1.54, 1.807) is 6.20 Å². The van der Waals surface area contributed by atoms with Gasteiger partial charge in [-0.05, 0) is 39.7 Å². The lowest BCUT2D eigenvalue weighted by Crippen LogP contribution is -2.13. The number of pyridine rings is 1. The zero-order chi connectivity index (χ0) is 17.9. The number of nitrogens with one attached hydrogen (secondary N) is 1. The highest BCUT2D eigenvalue weighted by Gasteiger charge is 2.20. The smallest absolute Gasteiger partial charge is 0.147 e. The van der Waals surface area contributed by atoms with Crippen molar-refractivity contribution in [1.82, 2.24) is 4.98 Å². The number of anilines is 1. The molecule has 0 bridgehead atoms. The minimum atomic E-state index is -0.207. The Hall–Kier alpha value is -2.85. The number of para-hydroxylation sites is 1. The van der Waals surface area contributed by atoms with Crippen molar-refractivity contribution < 1.29 is 5.11 Å². The van der Waals surface area contributed by atoms with Crippen molar-refractivity contribution in [3.8, 4) is 5.75 Å². The number of benzene rings is 3. The van der Waals surface area contributed by atoms with Gasteiger partial charge in [-0.3, -0.25) is 4.98 Å². The Labute approximate surface area is 160 Å². The number of rotatable bonds is 4. The van der Waals surface area contributed by atoms with E-state index in [2.05, 4.69) is 38.4 Å². The van der Waals surface area contributed by atoms with Crippen LogP contribution in [0.15, 0.2) is 89.5 Å². The van der Waals surface area contributed by atoms with Gasteiger partial charge in [-0.15, -0.1) is 0 Å². The van der Waals surface area contributed by atoms with Crippen molar-refractivity contribution >= 4 is 32.5 Å². The van der Waals surface area contributed by atoms with Gasteiger partial charge in [-0.1, -0.05) is 60.7 Å². The molecule has 0 aliphatic rings. The maximum Gasteiger partial charge on any atom is 0.147 e. The highest BCUT2D eigenvalue weighted by molar-refractivity contribution is 9.10. The molecule has 0 spiro atoms. The van der Waals surface area contributed by atoms with E-state index in [0.717, 1.165) is 26.7 Å². The average Bonchev–Trinajstić information content (AvgIpc) is 2.69. The Morgan fingerprint density at radius 2 is 1.62 bits per heavy atom. The van der Waals surface area contributed by atoms with E-state index in [0.29, 0.717) is 5.52 Å². The monoisotopic (exact) mass is 404 g/mol. The number of phenolic OH excluding ortho intramolecular Hbond substituents is 1. The average molecular weight is 405 g/mol. The summed E-state index contributed by atoms with van der Waals surface area (Å²) in [6.45, 7) is 0. The first-order valence-corrected chi connectivity index (χ1v) is 9.16. The van der Waals surface area contributed by atoms with E-state index in [-0.39, 0.29) is 11.8 Å². The van der Waals surface area contributed by atoms with Crippen LogP contribution in [0.3, 0.4) is 0 Å². The van der Waals surface area contributed by atoms with E-state index < -0.39 is 0 Å². The van der Waals surface area contributed by atoms with Crippen LogP contribution in [0, 0.1) is 0 Å². The number of hydrogen-bond acceptors (Lipinski definition) is 3. The van der Waals surface area contributed by atoms with Gasteiger partial charge in [-0.2, -0.15) is 0 Å². The molecule has 4 rings (SSSR count). The summed E-state index contributed by atoms with van der Waals surface area (Å²) in [5.41, 5.74) is 3.42. The highest BCUT2D eigenvalue weighted by Crippen LogP contribution is 2.37. The van der Waals surface area contributed by atoms with Gasteiger partial charge in [0.1, 0.15) is 11.3 Å². The second kappa shape index (κ2) is 7.18. The molecule has 0 fully saturated rings. The molecular formula is C22H17BrN2O. The highest BCUT2D eigenvalue weighted by atomic mass is 79.9. The fraction of sp³-hybridized carbons (Fsp3) is 0.0455. The van der Waals surface area contributed by atoms with Gasteiger partial charge in [0, 0.05) is 27.3 Å². The minimum absolute atomic E-state index is 0.205. The number of nitrogens with zero attached hydrogens (tertiary/aromatic N) is 1. The number of fused-ring (bicyclic) bond motifs is 1. The molecule has 3 nitrogen and oxygen atoms in total. The topological polar surface area (TPSA) is 45.1 Å². The Morgan fingerprint density at radius 1 is 0.846 bits per heavy atom. The SMILES string of the molecule is Oc1c([C@@H](Nc2ccccc2Br)c2ccccc2)ccc2cccnc12. The van der Waals surface area contributed by atoms with Gasteiger partial charge < -0.3 is 10.4 Å². The molecular weight excluding hydrogens is 388 g/mol. The lowest BCUT2D eigenvalue weighted by atomic mass is 9.96. The predicted molar refractivity (Wildman–Crippen MR) is 109 cm³/mol. The summed E-state index contributed by atoms with van der Waals surface area (Å²) in [5, 5.41) is 15.4. The van der Waals surface area contributed by atoms with Crippen LogP contribution in [0.4, 0.5) is 5.69 Å². The quantitative estimate of drug-likeness (QED) is 0.444. The van der Waals surface area contributed by atoms with E-state index in [1.807, 2.05) is 66.7 Å². The van der Waals surface area contributed by atoms with E-state index >= 15 is 0 Å². The molecule has 4 heteroatoms. The largest absolute Gasteiger partial charge is 0.505 e. The molecule has 3 aromatic carbocycles. The van der Waals surface area contributed by atoms with Crippen LogP contribution in [-0.4, -0.2) is 10.1 Å². The molecule has 128 valence electrons. The number of halogens is 1. The Morgan fingerprint density at radius 3 is 2.42 bits per heavy atom. The lowest BCUT2D eigenvalue weighted by Gasteiger charge is -2.23. The van der Waals surface area contributed by atoms with Crippen LogP contribution in [0.2, 0.25) is 0 Å². The van der Waals surface area contributed by atoms with Gasteiger partial charge in [-0.25, -0.2) is 0 Å². The summed E-state index contributed by atoms with van der Waals surface area (Å²) < 4.78 is 0.972. The Kier molecular flexibility index (Phi) is 4.59. The van der Waals surface area contributed by atoms with Crippen LogP contribution in [0.5, 0.6) is 5.75 Å². The maximum atomic E-state index is 10.9. The summed E-state index contributed by atoms with van der Waals surface area (Å²) in [4.78, 5) is 4.36. The predicted octanol–water partition coefficient (Wildman–Crippen LogP) is 5.90. The minimum Gasteiger partial charge on any atom is -0.505 e. The van der Waals surface area contributed by atoms with Gasteiger partial charge in [0.2, 0.25) is 0 Å². The molecule has 26 heavy (non-hydrogen) atoms. The summed E-state index contributed by atoms with van der Waals surface area (Å²) in [6, 6.07) is 25.6. The third kappa shape index (κ3) is 3.16. The van der Waals surface area contributed by atoms with E-state index in [9.17, 15) is 5.11 Å². The van der Waals surface area contributed by atoms with Crippen molar-refractivity contribution in [3.05, 3.63) is 101 Å². The van der Waals surface area contributed by atoms with E-state index in [4.69, 9.17) is 0 Å². The number of aromatic hydroxyl groups is 1. The summed E-state index contributed by atoms with van der Waals surface area (Å²) in [7, 11) is 0. The van der Waals surface area contributed by atoms with Crippen LogP contribution in [0.1, 0.15) is 17.2 Å².